The fourth-order valence-corrected chi connectivity index (χ4v) is 3.13. The van der Waals surface area contributed by atoms with Gasteiger partial charge in [-0.3, -0.25) is 4.98 Å². The highest BCUT2D eigenvalue weighted by Gasteiger charge is 2.11. The van der Waals surface area contributed by atoms with E-state index in [-0.39, 0.29) is 6.61 Å². The van der Waals surface area contributed by atoms with E-state index in [9.17, 15) is 0 Å². The molecule has 2 rings (SSSR count). The first-order chi connectivity index (χ1) is 10.2. The standard InChI is InChI=1S/C12H9Cl2N3OS3/c13-20-8-2-1-3-9(21-14)12(8)18-7-11(19)17-10-6-15-4-5-16-10/h1-6H,7H2,(H,16,17,19). The van der Waals surface area contributed by atoms with E-state index in [0.717, 1.165) is 31.7 Å². The van der Waals surface area contributed by atoms with Gasteiger partial charge in [0.2, 0.25) is 0 Å². The fourth-order valence-electron chi connectivity index (χ4n) is 1.44. The van der Waals surface area contributed by atoms with Crippen molar-refractivity contribution >= 4 is 66.3 Å². The Hall–Kier alpha value is -0.730. The van der Waals surface area contributed by atoms with Crippen molar-refractivity contribution in [2.45, 2.75) is 9.79 Å². The molecule has 2 aromatic rings. The summed E-state index contributed by atoms with van der Waals surface area (Å²) in [6.45, 7) is 0.185. The van der Waals surface area contributed by atoms with Crippen LogP contribution in [-0.2, 0) is 0 Å². The zero-order chi connectivity index (χ0) is 15.1. The maximum absolute atomic E-state index is 5.82. The van der Waals surface area contributed by atoms with Gasteiger partial charge in [-0.2, -0.15) is 0 Å². The van der Waals surface area contributed by atoms with Crippen LogP contribution in [0.1, 0.15) is 0 Å². The lowest BCUT2D eigenvalue weighted by Gasteiger charge is -2.13. The molecule has 110 valence electrons. The number of para-hydroxylation sites is 1. The summed E-state index contributed by atoms with van der Waals surface area (Å²) in [4.78, 5) is 10.1. The molecule has 0 fully saturated rings. The Morgan fingerprint density at radius 1 is 1.24 bits per heavy atom. The molecule has 0 spiro atoms. The third-order valence-electron chi connectivity index (χ3n) is 2.29. The van der Waals surface area contributed by atoms with E-state index >= 15 is 0 Å². The van der Waals surface area contributed by atoms with E-state index in [1.807, 2.05) is 18.2 Å². The topological polar surface area (TPSA) is 47.0 Å². The minimum atomic E-state index is 0.185. The normalized spacial score (nSPS) is 10.2. The smallest absolute Gasteiger partial charge is 0.149 e. The molecule has 1 N–H and O–H groups in total. The minimum absolute atomic E-state index is 0.185. The number of hydrogen-bond donors (Lipinski definition) is 1. The first kappa shape index (κ1) is 16.6. The van der Waals surface area contributed by atoms with Crippen LogP contribution in [0.4, 0.5) is 5.82 Å². The van der Waals surface area contributed by atoms with Gasteiger partial charge in [0.1, 0.15) is 23.2 Å². The van der Waals surface area contributed by atoms with Crippen molar-refractivity contribution in [2.75, 3.05) is 11.9 Å². The van der Waals surface area contributed by atoms with Crippen molar-refractivity contribution < 1.29 is 4.74 Å². The van der Waals surface area contributed by atoms with E-state index in [1.165, 1.54) is 0 Å². The zero-order valence-corrected chi connectivity index (χ0v) is 14.4. The number of nitrogens with one attached hydrogen (secondary N) is 1. The highest BCUT2D eigenvalue weighted by Crippen LogP contribution is 2.40. The Labute approximate surface area is 145 Å². The van der Waals surface area contributed by atoms with E-state index in [1.54, 1.807) is 18.6 Å². The summed E-state index contributed by atoms with van der Waals surface area (Å²) >= 11 is 5.21. The molecule has 21 heavy (non-hydrogen) atoms. The van der Waals surface area contributed by atoms with Crippen LogP contribution in [0.5, 0.6) is 5.75 Å². The molecule has 0 atom stereocenters. The van der Waals surface area contributed by atoms with Crippen LogP contribution in [0, 0.1) is 0 Å². The fraction of sp³-hybridized carbons (Fsp3) is 0.0833. The maximum Gasteiger partial charge on any atom is 0.149 e. The highest BCUT2D eigenvalue weighted by molar-refractivity contribution is 8.21. The van der Waals surface area contributed by atoms with Crippen LogP contribution < -0.4 is 10.1 Å². The van der Waals surface area contributed by atoms with Gasteiger partial charge in [0.05, 0.1) is 16.0 Å². The Morgan fingerprint density at radius 2 is 1.95 bits per heavy atom. The highest BCUT2D eigenvalue weighted by atomic mass is 35.7. The molecule has 0 aliphatic carbocycles. The zero-order valence-electron chi connectivity index (χ0n) is 10.5. The number of rotatable bonds is 6. The minimum Gasteiger partial charge on any atom is -0.484 e. The van der Waals surface area contributed by atoms with Crippen LogP contribution in [0.25, 0.3) is 0 Å². The average molecular weight is 378 g/mol. The summed E-state index contributed by atoms with van der Waals surface area (Å²) in [5, 5.41) is 2.94. The molecule has 0 radical (unpaired) electrons. The third kappa shape index (κ3) is 4.89. The lowest BCUT2D eigenvalue weighted by atomic mass is 10.3. The number of thiocarbonyl (C=S) groups is 1. The second kappa shape index (κ2) is 8.65. The van der Waals surface area contributed by atoms with Gasteiger partial charge in [0.15, 0.2) is 0 Å². The predicted molar refractivity (Wildman–Crippen MR) is 93.6 cm³/mol. The van der Waals surface area contributed by atoms with Crippen LogP contribution in [0.3, 0.4) is 0 Å². The molecule has 1 aromatic heterocycles. The molecular weight excluding hydrogens is 369 g/mol. The number of hydrogen-bond acceptors (Lipinski definition) is 6. The van der Waals surface area contributed by atoms with E-state index in [4.69, 9.17) is 38.3 Å². The van der Waals surface area contributed by atoms with Gasteiger partial charge in [0.25, 0.3) is 0 Å². The van der Waals surface area contributed by atoms with Gasteiger partial charge in [-0.15, -0.1) is 0 Å². The summed E-state index contributed by atoms with van der Waals surface area (Å²) in [6, 6.07) is 5.56. The predicted octanol–water partition coefficient (Wildman–Crippen LogP) is 4.79. The number of ether oxygens (including phenoxy) is 1. The van der Waals surface area contributed by atoms with Gasteiger partial charge in [-0.25, -0.2) is 4.98 Å². The van der Waals surface area contributed by atoms with Crippen molar-refractivity contribution in [1.82, 2.24) is 9.97 Å². The number of anilines is 1. The Balaban J connectivity index is 2.01. The van der Waals surface area contributed by atoms with Crippen molar-refractivity contribution in [3.63, 3.8) is 0 Å². The molecule has 0 aliphatic rings. The molecule has 1 heterocycles. The molecule has 1 aromatic carbocycles. The summed E-state index contributed by atoms with van der Waals surface area (Å²) < 4.78 is 5.72. The monoisotopic (exact) mass is 377 g/mol. The van der Waals surface area contributed by atoms with Gasteiger partial charge in [0, 0.05) is 12.4 Å². The van der Waals surface area contributed by atoms with Crippen LogP contribution in [0.2, 0.25) is 0 Å². The molecule has 0 saturated heterocycles. The second-order valence-electron chi connectivity index (χ2n) is 3.67. The lowest BCUT2D eigenvalue weighted by molar-refractivity contribution is 0.360. The van der Waals surface area contributed by atoms with E-state index < -0.39 is 0 Å². The summed E-state index contributed by atoms with van der Waals surface area (Å²) in [5.74, 6) is 1.18. The first-order valence-corrected chi connectivity index (χ1v) is 9.33. The van der Waals surface area contributed by atoms with Gasteiger partial charge >= 0.3 is 0 Å². The Bertz CT molecular complexity index is 594. The molecule has 0 aliphatic heterocycles. The molecule has 0 amide bonds. The molecule has 0 saturated carbocycles. The number of aromatic nitrogens is 2. The lowest BCUT2D eigenvalue weighted by Crippen LogP contribution is -2.19. The first-order valence-electron chi connectivity index (χ1n) is 5.63. The number of halogens is 2. The van der Waals surface area contributed by atoms with Gasteiger partial charge in [-0.05, 0) is 55.4 Å². The summed E-state index contributed by atoms with van der Waals surface area (Å²) in [5.41, 5.74) is 0. The van der Waals surface area contributed by atoms with Gasteiger partial charge in [-0.1, -0.05) is 18.3 Å². The third-order valence-corrected chi connectivity index (χ3v) is 4.48. The van der Waals surface area contributed by atoms with Crippen molar-refractivity contribution in [1.29, 1.82) is 0 Å². The summed E-state index contributed by atoms with van der Waals surface area (Å²) in [6.07, 6.45) is 4.74. The van der Waals surface area contributed by atoms with Crippen molar-refractivity contribution in [2.24, 2.45) is 0 Å². The van der Waals surface area contributed by atoms with E-state index in [0.29, 0.717) is 16.6 Å². The second-order valence-corrected chi connectivity index (χ2v) is 6.27. The largest absolute Gasteiger partial charge is 0.484 e. The van der Waals surface area contributed by atoms with Crippen molar-refractivity contribution in [3.8, 4) is 5.75 Å². The maximum atomic E-state index is 5.82. The van der Waals surface area contributed by atoms with E-state index in [2.05, 4.69) is 15.3 Å². The Morgan fingerprint density at radius 3 is 2.52 bits per heavy atom. The van der Waals surface area contributed by atoms with Crippen molar-refractivity contribution in [3.05, 3.63) is 36.8 Å². The number of nitrogens with zero attached hydrogens (tertiary/aromatic N) is 2. The molecule has 0 unspecified atom stereocenters. The molecular formula is C12H9Cl2N3OS3. The van der Waals surface area contributed by atoms with Crippen LogP contribution >= 0.6 is 55.5 Å². The molecule has 4 nitrogen and oxygen atoms in total. The molecule has 0 bridgehead atoms. The molecule has 9 heteroatoms. The quantitative estimate of drug-likeness (QED) is 0.726. The Kier molecular flexibility index (Phi) is 6.85. The average Bonchev–Trinajstić information content (AvgIpc) is 2.53. The SMILES string of the molecule is S=C(COc1c(SCl)cccc1SCl)Nc1cnccn1. The number of benzene rings is 1. The van der Waals surface area contributed by atoms with Gasteiger partial charge < -0.3 is 10.1 Å². The van der Waals surface area contributed by atoms with Crippen LogP contribution in [0.15, 0.2) is 46.6 Å². The van der Waals surface area contributed by atoms with Crippen LogP contribution in [-0.4, -0.2) is 21.6 Å². The summed E-state index contributed by atoms with van der Waals surface area (Å²) in [7, 11) is 13.8.